The number of nitrogens with one attached hydrogen (secondary N) is 1. The first kappa shape index (κ1) is 19.6. The summed E-state index contributed by atoms with van der Waals surface area (Å²) in [7, 11) is -2.85. The van der Waals surface area contributed by atoms with Crippen molar-refractivity contribution in [1.29, 1.82) is 0 Å². The van der Waals surface area contributed by atoms with Crippen LogP contribution in [0.5, 0.6) is 5.75 Å². The quantitative estimate of drug-likeness (QED) is 0.701. The lowest BCUT2D eigenvalue weighted by atomic mass is 10.3. The Labute approximate surface area is 159 Å². The molecule has 0 unspecified atom stereocenters. The minimum Gasteiger partial charge on any atom is -0.490 e. The highest BCUT2D eigenvalue weighted by Gasteiger charge is 2.21. The van der Waals surface area contributed by atoms with Gasteiger partial charge >= 0.3 is 0 Å². The predicted octanol–water partition coefficient (Wildman–Crippen LogP) is 0.892. The lowest BCUT2D eigenvalue weighted by molar-refractivity contribution is 0.0945. The number of pyridine rings is 1. The van der Waals surface area contributed by atoms with Gasteiger partial charge in [0.05, 0.1) is 23.8 Å². The number of aromatic nitrogens is 2. The summed E-state index contributed by atoms with van der Waals surface area (Å²) in [6, 6.07) is 3.67. The molecule has 0 aliphatic carbocycles. The summed E-state index contributed by atoms with van der Waals surface area (Å²) in [5.41, 5.74) is 1.80. The van der Waals surface area contributed by atoms with E-state index in [1.165, 1.54) is 0 Å². The summed E-state index contributed by atoms with van der Waals surface area (Å²) >= 11 is 0. The van der Waals surface area contributed by atoms with Crippen LogP contribution in [0, 0.1) is 6.92 Å². The molecule has 1 amide bonds. The SMILES string of the molecule is CCOc1cccn2c(C(=O)NCCCN3CCS(=O)(=O)CC3)c(C)nc12. The van der Waals surface area contributed by atoms with E-state index in [0.717, 1.165) is 13.0 Å². The number of sulfone groups is 1. The largest absolute Gasteiger partial charge is 0.490 e. The van der Waals surface area contributed by atoms with Gasteiger partial charge in [-0.3, -0.25) is 9.20 Å². The summed E-state index contributed by atoms with van der Waals surface area (Å²) in [4.78, 5) is 19.2. The monoisotopic (exact) mass is 394 g/mol. The van der Waals surface area contributed by atoms with Crippen LogP contribution in [0.1, 0.15) is 29.5 Å². The second-order valence-electron chi connectivity index (χ2n) is 6.65. The van der Waals surface area contributed by atoms with E-state index >= 15 is 0 Å². The fraction of sp³-hybridized carbons (Fsp3) is 0.556. The maximum absolute atomic E-state index is 12.6. The van der Waals surface area contributed by atoms with E-state index in [-0.39, 0.29) is 17.4 Å². The lowest BCUT2D eigenvalue weighted by Crippen LogP contribution is -2.41. The molecule has 0 spiro atoms. The maximum atomic E-state index is 12.6. The Morgan fingerprint density at radius 1 is 1.33 bits per heavy atom. The van der Waals surface area contributed by atoms with Crippen molar-refractivity contribution in [3.63, 3.8) is 0 Å². The first-order chi connectivity index (χ1) is 12.9. The molecule has 148 valence electrons. The summed E-state index contributed by atoms with van der Waals surface area (Å²) in [5.74, 6) is 0.933. The van der Waals surface area contributed by atoms with Crippen LogP contribution in [0.3, 0.4) is 0 Å². The van der Waals surface area contributed by atoms with Crippen LogP contribution in [0.25, 0.3) is 5.65 Å². The Kier molecular flexibility index (Phi) is 6.01. The van der Waals surface area contributed by atoms with Crippen LogP contribution in [-0.2, 0) is 9.84 Å². The number of carbonyl (C=O) groups is 1. The predicted molar refractivity (Wildman–Crippen MR) is 103 cm³/mol. The number of carbonyl (C=O) groups excluding carboxylic acids is 1. The van der Waals surface area contributed by atoms with Crippen LogP contribution in [0.2, 0.25) is 0 Å². The molecule has 1 aliphatic rings. The molecule has 1 aliphatic heterocycles. The van der Waals surface area contributed by atoms with Gasteiger partial charge in [0.15, 0.2) is 21.2 Å². The number of ether oxygens (including phenoxy) is 1. The van der Waals surface area contributed by atoms with Crippen molar-refractivity contribution in [2.75, 3.05) is 44.3 Å². The number of hydrogen-bond donors (Lipinski definition) is 1. The standard InChI is InChI=1S/C18H26N4O4S/c1-3-26-15-6-4-9-22-16(14(2)20-17(15)22)18(23)19-7-5-8-21-10-12-27(24,25)13-11-21/h4,6,9H,3,5,7-8,10-13H2,1-2H3,(H,19,23). The molecule has 0 atom stereocenters. The normalized spacial score (nSPS) is 17.1. The van der Waals surface area contributed by atoms with Gasteiger partial charge in [-0.2, -0.15) is 0 Å². The van der Waals surface area contributed by atoms with Crippen molar-refractivity contribution in [1.82, 2.24) is 19.6 Å². The molecular formula is C18H26N4O4S. The van der Waals surface area contributed by atoms with Crippen molar-refractivity contribution < 1.29 is 17.9 Å². The van der Waals surface area contributed by atoms with Crippen molar-refractivity contribution in [2.45, 2.75) is 20.3 Å². The Bertz CT molecular complexity index is 909. The summed E-state index contributed by atoms with van der Waals surface area (Å²) in [6.45, 7) is 6.70. The van der Waals surface area contributed by atoms with E-state index in [9.17, 15) is 13.2 Å². The van der Waals surface area contributed by atoms with Crippen molar-refractivity contribution >= 4 is 21.4 Å². The number of nitrogens with zero attached hydrogens (tertiary/aromatic N) is 3. The average molecular weight is 394 g/mol. The first-order valence-electron chi connectivity index (χ1n) is 9.22. The van der Waals surface area contributed by atoms with Gasteiger partial charge in [0.1, 0.15) is 5.69 Å². The van der Waals surface area contributed by atoms with Crippen molar-refractivity contribution in [2.24, 2.45) is 0 Å². The molecule has 0 aromatic carbocycles. The molecule has 2 aromatic heterocycles. The van der Waals surface area contributed by atoms with Gasteiger partial charge in [-0.05, 0) is 38.9 Å². The van der Waals surface area contributed by atoms with Crippen LogP contribution in [-0.4, -0.2) is 72.9 Å². The average Bonchev–Trinajstić information content (AvgIpc) is 2.97. The molecule has 1 N–H and O–H groups in total. The van der Waals surface area contributed by atoms with Gasteiger partial charge in [-0.15, -0.1) is 0 Å². The highest BCUT2D eigenvalue weighted by atomic mass is 32.2. The zero-order chi connectivity index (χ0) is 19.4. The van der Waals surface area contributed by atoms with Gasteiger partial charge in [-0.25, -0.2) is 13.4 Å². The molecule has 8 nitrogen and oxygen atoms in total. The minimum absolute atomic E-state index is 0.171. The third-order valence-electron chi connectivity index (χ3n) is 4.68. The van der Waals surface area contributed by atoms with Crippen LogP contribution >= 0.6 is 0 Å². The third-order valence-corrected chi connectivity index (χ3v) is 6.29. The highest BCUT2D eigenvalue weighted by molar-refractivity contribution is 7.91. The molecule has 9 heteroatoms. The van der Waals surface area contributed by atoms with E-state index in [0.29, 0.717) is 49.0 Å². The number of amides is 1. The zero-order valence-electron chi connectivity index (χ0n) is 15.8. The molecule has 0 saturated carbocycles. The van der Waals surface area contributed by atoms with Gasteiger partial charge < -0.3 is 15.0 Å². The fourth-order valence-electron chi connectivity index (χ4n) is 3.26. The van der Waals surface area contributed by atoms with E-state index < -0.39 is 9.84 Å². The zero-order valence-corrected chi connectivity index (χ0v) is 16.6. The first-order valence-corrected chi connectivity index (χ1v) is 11.0. The lowest BCUT2D eigenvalue weighted by Gasteiger charge is -2.26. The van der Waals surface area contributed by atoms with Crippen molar-refractivity contribution in [3.8, 4) is 5.75 Å². The highest BCUT2D eigenvalue weighted by Crippen LogP contribution is 2.22. The van der Waals surface area contributed by atoms with Gasteiger partial charge in [-0.1, -0.05) is 0 Å². The van der Waals surface area contributed by atoms with Crippen LogP contribution in [0.15, 0.2) is 18.3 Å². The molecule has 2 aromatic rings. The van der Waals surface area contributed by atoms with Gasteiger partial charge in [0.2, 0.25) is 0 Å². The Balaban J connectivity index is 1.57. The summed E-state index contributed by atoms with van der Waals surface area (Å²) in [6.07, 6.45) is 2.58. The second-order valence-corrected chi connectivity index (χ2v) is 8.95. The second kappa shape index (κ2) is 8.26. The summed E-state index contributed by atoms with van der Waals surface area (Å²) in [5, 5.41) is 2.94. The number of hydrogen-bond acceptors (Lipinski definition) is 6. The number of fused-ring (bicyclic) bond motifs is 1. The van der Waals surface area contributed by atoms with Crippen LogP contribution < -0.4 is 10.1 Å². The Hall–Kier alpha value is -2.13. The van der Waals surface area contributed by atoms with E-state index in [1.807, 2.05) is 26.0 Å². The Morgan fingerprint density at radius 3 is 2.78 bits per heavy atom. The van der Waals surface area contributed by atoms with Gasteiger partial charge in [0.25, 0.3) is 5.91 Å². The Morgan fingerprint density at radius 2 is 2.07 bits per heavy atom. The molecule has 0 bridgehead atoms. The fourth-order valence-corrected chi connectivity index (χ4v) is 4.54. The van der Waals surface area contributed by atoms with E-state index in [1.54, 1.807) is 10.6 Å². The smallest absolute Gasteiger partial charge is 0.270 e. The van der Waals surface area contributed by atoms with Crippen LogP contribution in [0.4, 0.5) is 0 Å². The number of rotatable bonds is 7. The summed E-state index contributed by atoms with van der Waals surface area (Å²) < 4.78 is 30.2. The molecular weight excluding hydrogens is 368 g/mol. The van der Waals surface area contributed by atoms with Gasteiger partial charge in [0, 0.05) is 25.8 Å². The number of aryl methyl sites for hydroxylation is 1. The van der Waals surface area contributed by atoms with E-state index in [2.05, 4.69) is 15.2 Å². The molecule has 27 heavy (non-hydrogen) atoms. The topological polar surface area (TPSA) is 93.0 Å². The molecule has 3 rings (SSSR count). The molecule has 3 heterocycles. The maximum Gasteiger partial charge on any atom is 0.270 e. The molecule has 1 saturated heterocycles. The third kappa shape index (κ3) is 4.59. The molecule has 1 fully saturated rings. The minimum atomic E-state index is -2.85. The van der Waals surface area contributed by atoms with Crippen molar-refractivity contribution in [3.05, 3.63) is 29.7 Å². The molecule has 0 radical (unpaired) electrons. The van der Waals surface area contributed by atoms with E-state index in [4.69, 9.17) is 4.74 Å². The number of imidazole rings is 1.